The van der Waals surface area contributed by atoms with Crippen molar-refractivity contribution in [2.24, 2.45) is 0 Å². The molecule has 0 radical (unpaired) electrons. The zero-order valence-corrected chi connectivity index (χ0v) is 14.3. The Morgan fingerprint density at radius 3 is 2.71 bits per heavy atom. The number of hydrogen-bond donors (Lipinski definition) is 1. The molecule has 0 atom stereocenters. The van der Waals surface area contributed by atoms with E-state index in [0.29, 0.717) is 4.75 Å². The van der Waals surface area contributed by atoms with Crippen molar-refractivity contribution in [1.29, 1.82) is 0 Å². The van der Waals surface area contributed by atoms with Crippen LogP contribution >= 0.6 is 11.8 Å². The summed E-state index contributed by atoms with van der Waals surface area (Å²) in [5.41, 5.74) is 2.62. The maximum Gasteiger partial charge on any atom is 0.127 e. The molecule has 0 spiro atoms. The molecular formula is C18H27NOS. The second kappa shape index (κ2) is 5.85. The number of fused-ring (bicyclic) bond motifs is 1. The van der Waals surface area contributed by atoms with E-state index in [2.05, 4.69) is 43.6 Å². The Labute approximate surface area is 133 Å². The number of rotatable bonds is 5. The Hall–Kier alpha value is -0.670. The molecule has 0 unspecified atom stereocenters. The van der Waals surface area contributed by atoms with E-state index in [1.807, 2.05) is 11.8 Å². The lowest BCUT2D eigenvalue weighted by molar-refractivity contribution is 0.137. The molecule has 1 aliphatic heterocycles. The van der Waals surface area contributed by atoms with Crippen LogP contribution in [-0.4, -0.2) is 23.1 Å². The molecular weight excluding hydrogens is 278 g/mol. The molecule has 1 fully saturated rings. The molecule has 0 saturated heterocycles. The second-order valence-electron chi connectivity index (χ2n) is 7.14. The van der Waals surface area contributed by atoms with Gasteiger partial charge in [0.25, 0.3) is 0 Å². The minimum atomic E-state index is -0.0512. The Balaban J connectivity index is 1.63. The van der Waals surface area contributed by atoms with Gasteiger partial charge < -0.3 is 10.1 Å². The highest BCUT2D eigenvalue weighted by Gasteiger charge is 2.33. The summed E-state index contributed by atoms with van der Waals surface area (Å²) in [6, 6.07) is 6.57. The lowest BCUT2D eigenvalue weighted by Gasteiger charge is -2.27. The Morgan fingerprint density at radius 1 is 1.24 bits per heavy atom. The van der Waals surface area contributed by atoms with Gasteiger partial charge in [-0.25, -0.2) is 0 Å². The predicted molar refractivity (Wildman–Crippen MR) is 91.3 cm³/mol. The number of para-hydroxylation sites is 1. The molecule has 1 aliphatic carbocycles. The van der Waals surface area contributed by atoms with Gasteiger partial charge in [-0.1, -0.05) is 31.0 Å². The average molecular weight is 305 g/mol. The van der Waals surface area contributed by atoms with Gasteiger partial charge in [-0.05, 0) is 38.5 Å². The van der Waals surface area contributed by atoms with Crippen LogP contribution in [0.4, 0.5) is 0 Å². The van der Waals surface area contributed by atoms with Gasteiger partial charge in [-0.15, -0.1) is 0 Å². The Bertz CT molecular complexity index is 506. The highest BCUT2D eigenvalue weighted by molar-refractivity contribution is 8.00. The van der Waals surface area contributed by atoms with E-state index >= 15 is 0 Å². The fourth-order valence-corrected chi connectivity index (χ4v) is 4.66. The number of benzene rings is 1. The molecule has 0 aromatic heterocycles. The van der Waals surface area contributed by atoms with Crippen LogP contribution < -0.4 is 10.1 Å². The molecule has 1 heterocycles. The average Bonchev–Trinajstić information content (AvgIpc) is 3.02. The third-order valence-corrected chi connectivity index (χ3v) is 6.30. The van der Waals surface area contributed by atoms with Crippen molar-refractivity contribution < 1.29 is 4.74 Å². The van der Waals surface area contributed by atoms with Crippen LogP contribution in [0.2, 0.25) is 0 Å². The smallest absolute Gasteiger partial charge is 0.127 e. The van der Waals surface area contributed by atoms with Gasteiger partial charge in [0.15, 0.2) is 0 Å². The fraction of sp³-hybridized carbons (Fsp3) is 0.667. The third kappa shape index (κ3) is 3.24. The van der Waals surface area contributed by atoms with Crippen molar-refractivity contribution in [3.8, 4) is 5.75 Å². The number of nitrogens with one attached hydrogen (secondary N) is 1. The normalized spacial score (nSPS) is 22.0. The van der Waals surface area contributed by atoms with Crippen LogP contribution in [0, 0.1) is 0 Å². The van der Waals surface area contributed by atoms with Crippen molar-refractivity contribution in [3.63, 3.8) is 0 Å². The lowest BCUT2D eigenvalue weighted by atomic mass is 10.0. The standard InChI is InChI=1S/C18H27NOS/c1-17(2)11-14-7-6-8-15(16(14)20-17)12-19-13-18(21-3)9-4-5-10-18/h6-8,19H,4-5,9-13H2,1-3H3. The van der Waals surface area contributed by atoms with Crippen LogP contribution in [-0.2, 0) is 13.0 Å². The zero-order valence-electron chi connectivity index (χ0n) is 13.5. The maximum atomic E-state index is 6.15. The largest absolute Gasteiger partial charge is 0.487 e. The van der Waals surface area contributed by atoms with E-state index < -0.39 is 0 Å². The summed E-state index contributed by atoms with van der Waals surface area (Å²) in [4.78, 5) is 0. The number of ether oxygens (including phenoxy) is 1. The topological polar surface area (TPSA) is 21.3 Å². The van der Waals surface area contributed by atoms with Crippen molar-refractivity contribution >= 4 is 11.8 Å². The monoisotopic (exact) mass is 305 g/mol. The quantitative estimate of drug-likeness (QED) is 0.882. The summed E-state index contributed by atoms with van der Waals surface area (Å²) >= 11 is 2.05. The molecule has 0 amide bonds. The molecule has 2 aliphatic rings. The summed E-state index contributed by atoms with van der Waals surface area (Å²) < 4.78 is 6.62. The fourth-order valence-electron chi connectivity index (χ4n) is 3.72. The summed E-state index contributed by atoms with van der Waals surface area (Å²) in [5.74, 6) is 1.12. The third-order valence-electron chi connectivity index (χ3n) is 4.88. The SMILES string of the molecule is CSC1(CNCc2cccc3c2OC(C)(C)C3)CCCC1. The molecule has 2 nitrogen and oxygen atoms in total. The van der Waals surface area contributed by atoms with Crippen LogP contribution in [0.15, 0.2) is 18.2 Å². The molecule has 1 saturated carbocycles. The van der Waals surface area contributed by atoms with Crippen LogP contribution in [0.5, 0.6) is 5.75 Å². The molecule has 1 N–H and O–H groups in total. The summed E-state index contributed by atoms with van der Waals surface area (Å²) in [6.45, 7) is 6.37. The molecule has 1 aromatic carbocycles. The van der Waals surface area contributed by atoms with E-state index in [0.717, 1.165) is 25.3 Å². The van der Waals surface area contributed by atoms with Gasteiger partial charge in [0.05, 0.1) is 0 Å². The zero-order chi connectivity index (χ0) is 14.9. The van der Waals surface area contributed by atoms with Gasteiger partial charge in [-0.3, -0.25) is 0 Å². The van der Waals surface area contributed by atoms with Gasteiger partial charge in [0.1, 0.15) is 11.4 Å². The summed E-state index contributed by atoms with van der Waals surface area (Å²) in [5, 5.41) is 3.69. The minimum absolute atomic E-state index is 0.0512. The van der Waals surface area contributed by atoms with E-state index in [4.69, 9.17) is 4.74 Å². The van der Waals surface area contributed by atoms with Crippen LogP contribution in [0.25, 0.3) is 0 Å². The first-order valence-corrected chi connectivity index (χ1v) is 9.32. The van der Waals surface area contributed by atoms with E-state index in [9.17, 15) is 0 Å². The van der Waals surface area contributed by atoms with Crippen LogP contribution in [0.3, 0.4) is 0 Å². The molecule has 1 aromatic rings. The maximum absolute atomic E-state index is 6.15. The highest BCUT2D eigenvalue weighted by Crippen LogP contribution is 2.40. The van der Waals surface area contributed by atoms with Crippen molar-refractivity contribution in [2.45, 2.75) is 62.8 Å². The first-order chi connectivity index (χ1) is 10.0. The van der Waals surface area contributed by atoms with Gasteiger partial charge in [0.2, 0.25) is 0 Å². The predicted octanol–water partition coefficient (Wildman–Crippen LogP) is 4.17. The Morgan fingerprint density at radius 2 is 2.00 bits per heavy atom. The van der Waals surface area contributed by atoms with Gasteiger partial charge in [-0.2, -0.15) is 11.8 Å². The first-order valence-electron chi connectivity index (χ1n) is 8.09. The molecule has 21 heavy (non-hydrogen) atoms. The molecule has 116 valence electrons. The van der Waals surface area contributed by atoms with Crippen molar-refractivity contribution in [1.82, 2.24) is 5.32 Å². The van der Waals surface area contributed by atoms with Gasteiger partial charge >= 0.3 is 0 Å². The highest BCUT2D eigenvalue weighted by atomic mass is 32.2. The molecule has 0 bridgehead atoms. The molecule has 3 rings (SSSR count). The Kier molecular flexibility index (Phi) is 4.24. The van der Waals surface area contributed by atoms with Crippen molar-refractivity contribution in [2.75, 3.05) is 12.8 Å². The second-order valence-corrected chi connectivity index (χ2v) is 8.42. The lowest BCUT2D eigenvalue weighted by Crippen LogP contribution is -2.34. The number of thioether (sulfide) groups is 1. The van der Waals surface area contributed by atoms with Crippen molar-refractivity contribution in [3.05, 3.63) is 29.3 Å². The van der Waals surface area contributed by atoms with E-state index in [-0.39, 0.29) is 5.60 Å². The minimum Gasteiger partial charge on any atom is -0.487 e. The van der Waals surface area contributed by atoms with Crippen LogP contribution in [0.1, 0.15) is 50.7 Å². The number of hydrogen-bond acceptors (Lipinski definition) is 3. The van der Waals surface area contributed by atoms with Gasteiger partial charge in [0, 0.05) is 29.8 Å². The first kappa shape index (κ1) is 15.2. The van der Waals surface area contributed by atoms with E-state index in [1.165, 1.54) is 36.8 Å². The van der Waals surface area contributed by atoms with E-state index in [1.54, 1.807) is 0 Å². The molecule has 3 heteroatoms. The summed E-state index contributed by atoms with van der Waals surface area (Å²) in [7, 11) is 0. The summed E-state index contributed by atoms with van der Waals surface area (Å²) in [6.07, 6.45) is 8.78.